The number of hydrogen-bond acceptors (Lipinski definition) is 4. The van der Waals surface area contributed by atoms with Gasteiger partial charge in [-0.05, 0) is 94.2 Å². The number of amides is 2. The van der Waals surface area contributed by atoms with E-state index in [0.29, 0.717) is 17.1 Å². The van der Waals surface area contributed by atoms with Crippen LogP contribution in [-0.2, 0) is 6.42 Å². The first-order chi connectivity index (χ1) is 15.0. The van der Waals surface area contributed by atoms with Crippen LogP contribution in [-0.4, -0.2) is 60.4 Å². The third-order valence-corrected chi connectivity index (χ3v) is 5.90. The molecule has 0 radical (unpaired) electrons. The highest BCUT2D eigenvalue weighted by Gasteiger charge is 2.25. The molecule has 2 aliphatic heterocycles. The number of hydrogen-bond donors (Lipinski definition) is 1. The van der Waals surface area contributed by atoms with Gasteiger partial charge in [-0.2, -0.15) is 0 Å². The van der Waals surface area contributed by atoms with Gasteiger partial charge in [0, 0.05) is 36.8 Å². The lowest BCUT2D eigenvalue weighted by Gasteiger charge is -2.30. The maximum atomic E-state index is 12.9. The number of carbonyl (C=O) groups excluding carboxylic acids is 2. The van der Waals surface area contributed by atoms with Crippen LogP contribution in [0.4, 0.5) is 0 Å². The minimum atomic E-state index is -0.0943. The molecule has 0 saturated carbocycles. The molecule has 1 saturated heterocycles. The summed E-state index contributed by atoms with van der Waals surface area (Å²) in [6.07, 6.45) is 3.38. The van der Waals surface area contributed by atoms with E-state index in [1.165, 1.54) is 12.8 Å². The zero-order chi connectivity index (χ0) is 21.8. The number of nitrogens with one attached hydrogen (secondary N) is 1. The van der Waals surface area contributed by atoms with Crippen molar-refractivity contribution in [3.05, 3.63) is 59.2 Å². The van der Waals surface area contributed by atoms with E-state index in [0.717, 1.165) is 50.3 Å². The maximum Gasteiger partial charge on any atom is 0.254 e. The molecule has 2 aromatic carbocycles. The second-order valence-corrected chi connectivity index (χ2v) is 8.66. The van der Waals surface area contributed by atoms with Crippen LogP contribution in [0.15, 0.2) is 42.5 Å². The molecule has 31 heavy (non-hydrogen) atoms. The molecule has 1 fully saturated rings. The Hall–Kier alpha value is -2.86. The number of likely N-dealkylation sites (tertiary alicyclic amines) is 1. The van der Waals surface area contributed by atoms with Crippen LogP contribution in [0.25, 0.3) is 0 Å². The normalized spacial score (nSPS) is 16.5. The summed E-state index contributed by atoms with van der Waals surface area (Å²) in [7, 11) is 0. The zero-order valence-corrected chi connectivity index (χ0v) is 18.4. The molecule has 164 valence electrons. The van der Waals surface area contributed by atoms with Crippen molar-refractivity contribution in [2.75, 3.05) is 32.7 Å². The Labute approximate surface area is 184 Å². The van der Waals surface area contributed by atoms with E-state index >= 15 is 0 Å². The molecule has 0 atom stereocenters. The van der Waals surface area contributed by atoms with Crippen molar-refractivity contribution in [2.45, 2.75) is 39.2 Å². The van der Waals surface area contributed by atoms with Crippen LogP contribution in [0.2, 0.25) is 0 Å². The van der Waals surface area contributed by atoms with E-state index in [-0.39, 0.29) is 17.9 Å². The second-order valence-electron chi connectivity index (χ2n) is 8.66. The van der Waals surface area contributed by atoms with Crippen LogP contribution in [0.1, 0.15) is 53.0 Å². The largest absolute Gasteiger partial charge is 0.457 e. The molecule has 4 rings (SSSR count). The Morgan fingerprint density at radius 3 is 2.42 bits per heavy atom. The first kappa shape index (κ1) is 21.4. The lowest BCUT2D eigenvalue weighted by Crippen LogP contribution is -2.42. The second kappa shape index (κ2) is 9.52. The molecular formula is C25H31N3O3. The summed E-state index contributed by atoms with van der Waals surface area (Å²) in [5.41, 5.74) is 2.42. The Bertz CT molecular complexity index is 934. The van der Waals surface area contributed by atoms with E-state index in [9.17, 15) is 9.59 Å². The quantitative estimate of drug-likeness (QED) is 0.740. The van der Waals surface area contributed by atoms with Crippen molar-refractivity contribution in [2.24, 2.45) is 0 Å². The van der Waals surface area contributed by atoms with Gasteiger partial charge in [-0.15, -0.1) is 0 Å². The van der Waals surface area contributed by atoms with Crippen LogP contribution in [0.3, 0.4) is 0 Å². The number of benzene rings is 2. The highest BCUT2D eigenvalue weighted by Crippen LogP contribution is 2.27. The van der Waals surface area contributed by atoms with Crippen LogP contribution in [0.5, 0.6) is 11.5 Å². The third-order valence-electron chi connectivity index (χ3n) is 5.90. The minimum Gasteiger partial charge on any atom is -0.457 e. The summed E-state index contributed by atoms with van der Waals surface area (Å²) in [6.45, 7) is 8.70. The van der Waals surface area contributed by atoms with Crippen LogP contribution in [0, 0.1) is 0 Å². The van der Waals surface area contributed by atoms with E-state index in [1.807, 2.05) is 36.9 Å². The van der Waals surface area contributed by atoms with Gasteiger partial charge in [-0.25, -0.2) is 0 Å². The molecule has 0 aliphatic carbocycles. The fourth-order valence-corrected chi connectivity index (χ4v) is 4.21. The van der Waals surface area contributed by atoms with Gasteiger partial charge in [-0.1, -0.05) is 0 Å². The molecule has 0 bridgehead atoms. The van der Waals surface area contributed by atoms with Gasteiger partial charge in [0.05, 0.1) is 0 Å². The highest BCUT2D eigenvalue weighted by atomic mass is 16.5. The number of nitrogens with zero attached hydrogens (tertiary/aromatic N) is 2. The van der Waals surface area contributed by atoms with Crippen molar-refractivity contribution in [3.63, 3.8) is 0 Å². The molecule has 2 heterocycles. The Morgan fingerprint density at radius 2 is 1.71 bits per heavy atom. The summed E-state index contributed by atoms with van der Waals surface area (Å²) in [4.78, 5) is 29.4. The average Bonchev–Trinajstić information content (AvgIpc) is 3.27. The van der Waals surface area contributed by atoms with Gasteiger partial charge in [-0.3, -0.25) is 9.59 Å². The molecule has 2 aliphatic rings. The number of rotatable bonds is 7. The smallest absolute Gasteiger partial charge is 0.254 e. The Morgan fingerprint density at radius 1 is 1.00 bits per heavy atom. The Kier molecular flexibility index (Phi) is 6.56. The minimum absolute atomic E-state index is 0.0943. The molecule has 0 aromatic heterocycles. The predicted molar refractivity (Wildman–Crippen MR) is 121 cm³/mol. The molecule has 2 aromatic rings. The van der Waals surface area contributed by atoms with E-state index in [1.54, 1.807) is 24.3 Å². The fraction of sp³-hybridized carbons (Fsp3) is 0.440. The van der Waals surface area contributed by atoms with Gasteiger partial charge < -0.3 is 19.9 Å². The first-order valence-electron chi connectivity index (χ1n) is 11.2. The molecule has 0 unspecified atom stereocenters. The highest BCUT2D eigenvalue weighted by molar-refractivity contribution is 5.97. The van der Waals surface area contributed by atoms with Gasteiger partial charge in [0.1, 0.15) is 11.5 Å². The summed E-state index contributed by atoms with van der Waals surface area (Å²) in [5.74, 6) is 1.39. The lowest BCUT2D eigenvalue weighted by molar-refractivity contribution is 0.0724. The predicted octanol–water partition coefficient (Wildman–Crippen LogP) is 3.71. The number of fused-ring (bicyclic) bond motifs is 1. The monoisotopic (exact) mass is 421 g/mol. The summed E-state index contributed by atoms with van der Waals surface area (Å²) in [6, 6.07) is 12.9. The SMILES string of the molecule is CC(C)NC(=O)c1ccc(Oc2ccc3c(c2)CCN(CCN2CCCC2)C3=O)cc1. The molecular weight excluding hydrogens is 390 g/mol. The lowest BCUT2D eigenvalue weighted by atomic mass is 9.98. The van der Waals surface area contributed by atoms with Crippen molar-refractivity contribution >= 4 is 11.8 Å². The van der Waals surface area contributed by atoms with Gasteiger partial charge in [0.15, 0.2) is 0 Å². The average molecular weight is 422 g/mol. The van der Waals surface area contributed by atoms with Crippen molar-refractivity contribution in [1.82, 2.24) is 15.1 Å². The number of carbonyl (C=O) groups is 2. The summed E-state index contributed by atoms with van der Waals surface area (Å²) in [5, 5.41) is 2.88. The van der Waals surface area contributed by atoms with Crippen molar-refractivity contribution < 1.29 is 14.3 Å². The first-order valence-corrected chi connectivity index (χ1v) is 11.2. The maximum absolute atomic E-state index is 12.9. The molecule has 2 amide bonds. The van der Waals surface area contributed by atoms with E-state index in [4.69, 9.17) is 4.74 Å². The van der Waals surface area contributed by atoms with Gasteiger partial charge in [0.2, 0.25) is 0 Å². The summed E-state index contributed by atoms with van der Waals surface area (Å²) < 4.78 is 5.97. The topological polar surface area (TPSA) is 61.9 Å². The van der Waals surface area contributed by atoms with Crippen LogP contribution < -0.4 is 10.1 Å². The standard InChI is InChI=1S/C25H31N3O3/c1-18(2)26-24(29)19-5-7-21(8-6-19)31-22-9-10-23-20(17-22)11-14-28(25(23)30)16-15-27-12-3-4-13-27/h5-10,17-18H,3-4,11-16H2,1-2H3,(H,26,29). The molecule has 1 N–H and O–H groups in total. The van der Waals surface area contributed by atoms with Crippen LogP contribution >= 0.6 is 0 Å². The third kappa shape index (κ3) is 5.25. The number of ether oxygens (including phenoxy) is 1. The Balaban J connectivity index is 1.37. The van der Waals surface area contributed by atoms with Gasteiger partial charge in [0.25, 0.3) is 11.8 Å². The van der Waals surface area contributed by atoms with Crippen molar-refractivity contribution in [3.8, 4) is 11.5 Å². The molecule has 6 heteroatoms. The van der Waals surface area contributed by atoms with E-state index in [2.05, 4.69) is 10.2 Å². The fourth-order valence-electron chi connectivity index (χ4n) is 4.21. The summed E-state index contributed by atoms with van der Waals surface area (Å²) >= 11 is 0. The molecule has 6 nitrogen and oxygen atoms in total. The molecule has 0 spiro atoms. The van der Waals surface area contributed by atoms with Crippen molar-refractivity contribution in [1.29, 1.82) is 0 Å². The zero-order valence-electron chi connectivity index (χ0n) is 18.4. The van der Waals surface area contributed by atoms with E-state index < -0.39 is 0 Å². The van der Waals surface area contributed by atoms with Gasteiger partial charge >= 0.3 is 0 Å².